The fourth-order valence-electron chi connectivity index (χ4n) is 3.59. The average Bonchev–Trinajstić information content (AvgIpc) is 3.13. The number of hydrogen-bond donors (Lipinski definition) is 1. The van der Waals surface area contributed by atoms with Crippen molar-refractivity contribution in [3.05, 3.63) is 6.33 Å². The van der Waals surface area contributed by atoms with Crippen LogP contribution in [0.1, 0.15) is 12.8 Å². The number of aromatic nitrogens is 4. The molecule has 1 amide bonds. The molecule has 3 heterocycles. The lowest BCUT2D eigenvalue weighted by molar-refractivity contribution is -0.135. The van der Waals surface area contributed by atoms with Gasteiger partial charge in [-0.2, -0.15) is 0 Å². The molecule has 1 aromatic rings. The molecule has 2 aliphatic rings. The zero-order valence-corrected chi connectivity index (χ0v) is 14.0. The van der Waals surface area contributed by atoms with Crippen LogP contribution in [0.2, 0.25) is 0 Å². The molecule has 2 aliphatic heterocycles. The van der Waals surface area contributed by atoms with Crippen LogP contribution >= 0.6 is 0 Å². The maximum absolute atomic E-state index is 12.5. The molecule has 0 aliphatic carbocycles. The van der Waals surface area contributed by atoms with Crippen LogP contribution in [-0.2, 0) is 16.1 Å². The highest BCUT2D eigenvalue weighted by Crippen LogP contribution is 2.23. The molecular formula is C15H26N6O3. The molecule has 0 bridgehead atoms. The van der Waals surface area contributed by atoms with Crippen LogP contribution in [0.25, 0.3) is 0 Å². The summed E-state index contributed by atoms with van der Waals surface area (Å²) in [7, 11) is 0. The summed E-state index contributed by atoms with van der Waals surface area (Å²) in [4.78, 5) is 16.8. The molecule has 0 radical (unpaired) electrons. The van der Waals surface area contributed by atoms with E-state index in [1.54, 1.807) is 4.68 Å². The number of hydrogen-bond acceptors (Lipinski definition) is 7. The molecule has 0 aromatic carbocycles. The lowest BCUT2D eigenvalue weighted by Crippen LogP contribution is -2.49. The first-order chi connectivity index (χ1) is 11.7. The van der Waals surface area contributed by atoms with E-state index in [1.807, 2.05) is 4.90 Å². The Balaban J connectivity index is 1.52. The van der Waals surface area contributed by atoms with E-state index in [-0.39, 0.29) is 18.4 Å². The zero-order chi connectivity index (χ0) is 16.8. The quantitative estimate of drug-likeness (QED) is 0.700. The molecule has 2 atom stereocenters. The Bertz CT molecular complexity index is 505. The third-order valence-corrected chi connectivity index (χ3v) is 4.80. The first-order valence-corrected chi connectivity index (χ1v) is 8.64. The zero-order valence-electron chi connectivity index (χ0n) is 14.0. The molecule has 2 fully saturated rings. The number of ether oxygens (including phenoxy) is 1. The second kappa shape index (κ2) is 8.50. The molecule has 1 aromatic heterocycles. The molecule has 2 saturated heterocycles. The number of rotatable bonds is 6. The van der Waals surface area contributed by atoms with Crippen molar-refractivity contribution in [1.29, 1.82) is 0 Å². The van der Waals surface area contributed by atoms with E-state index in [2.05, 4.69) is 20.4 Å². The van der Waals surface area contributed by atoms with Gasteiger partial charge in [0.2, 0.25) is 5.91 Å². The van der Waals surface area contributed by atoms with Crippen LogP contribution in [-0.4, -0.2) is 93.6 Å². The topological polar surface area (TPSA) is 96.6 Å². The summed E-state index contributed by atoms with van der Waals surface area (Å²) >= 11 is 0. The average molecular weight is 338 g/mol. The van der Waals surface area contributed by atoms with Gasteiger partial charge < -0.3 is 14.7 Å². The number of tetrazole rings is 1. The highest BCUT2D eigenvalue weighted by Gasteiger charge is 2.30. The molecule has 0 spiro atoms. The van der Waals surface area contributed by atoms with Crippen molar-refractivity contribution in [3.8, 4) is 0 Å². The Morgan fingerprint density at radius 3 is 2.75 bits per heavy atom. The monoisotopic (exact) mass is 338 g/mol. The van der Waals surface area contributed by atoms with Gasteiger partial charge in [0, 0.05) is 45.8 Å². The standard InChI is InChI=1S/C15H26N6O3/c22-11-14-7-13(8-19-3-5-24-6-4-19)9-20(10-14)15(23)1-2-21-12-16-17-18-21/h12-14,22H,1-11H2. The summed E-state index contributed by atoms with van der Waals surface area (Å²) in [5.74, 6) is 0.684. The summed E-state index contributed by atoms with van der Waals surface area (Å²) in [5, 5.41) is 20.5. The summed E-state index contributed by atoms with van der Waals surface area (Å²) in [6.45, 7) is 6.47. The third kappa shape index (κ3) is 4.71. The normalized spacial score (nSPS) is 25.8. The number of carbonyl (C=O) groups is 1. The van der Waals surface area contributed by atoms with Gasteiger partial charge in [-0.05, 0) is 28.7 Å². The minimum Gasteiger partial charge on any atom is -0.396 e. The Kier molecular flexibility index (Phi) is 6.11. The maximum Gasteiger partial charge on any atom is 0.224 e. The van der Waals surface area contributed by atoms with Gasteiger partial charge in [0.25, 0.3) is 0 Å². The number of aliphatic hydroxyl groups excluding tert-OH is 1. The number of piperidine rings is 1. The van der Waals surface area contributed by atoms with Gasteiger partial charge in [-0.1, -0.05) is 0 Å². The van der Waals surface area contributed by atoms with Crippen LogP contribution in [0.5, 0.6) is 0 Å². The molecule has 24 heavy (non-hydrogen) atoms. The predicted molar refractivity (Wildman–Crippen MR) is 85.0 cm³/mol. The van der Waals surface area contributed by atoms with E-state index in [0.29, 0.717) is 25.4 Å². The van der Waals surface area contributed by atoms with Crippen molar-refractivity contribution in [3.63, 3.8) is 0 Å². The number of amides is 1. The van der Waals surface area contributed by atoms with Gasteiger partial charge in [0.05, 0.1) is 19.8 Å². The molecular weight excluding hydrogens is 312 g/mol. The molecule has 1 N–H and O–H groups in total. The number of nitrogens with zero attached hydrogens (tertiary/aromatic N) is 6. The molecule has 3 rings (SSSR count). The lowest BCUT2D eigenvalue weighted by Gasteiger charge is -2.40. The second-order valence-electron chi connectivity index (χ2n) is 6.68. The van der Waals surface area contributed by atoms with Crippen molar-refractivity contribution < 1.29 is 14.6 Å². The Morgan fingerprint density at radius 1 is 1.25 bits per heavy atom. The maximum atomic E-state index is 12.5. The summed E-state index contributed by atoms with van der Waals surface area (Å²) in [6, 6.07) is 0. The van der Waals surface area contributed by atoms with Crippen LogP contribution in [0.15, 0.2) is 6.33 Å². The minimum absolute atomic E-state index is 0.107. The van der Waals surface area contributed by atoms with Crippen LogP contribution in [0.4, 0.5) is 0 Å². The predicted octanol–water partition coefficient (Wildman–Crippen LogP) is -1.15. The summed E-state index contributed by atoms with van der Waals surface area (Å²) in [5.41, 5.74) is 0. The number of carbonyl (C=O) groups excluding carboxylic acids is 1. The largest absolute Gasteiger partial charge is 0.396 e. The Hall–Kier alpha value is -1.58. The highest BCUT2D eigenvalue weighted by atomic mass is 16.5. The van der Waals surface area contributed by atoms with Crippen molar-refractivity contribution in [2.75, 3.05) is 52.5 Å². The molecule has 2 unspecified atom stereocenters. The van der Waals surface area contributed by atoms with E-state index >= 15 is 0 Å². The van der Waals surface area contributed by atoms with E-state index in [9.17, 15) is 9.90 Å². The van der Waals surface area contributed by atoms with Crippen LogP contribution < -0.4 is 0 Å². The van der Waals surface area contributed by atoms with Gasteiger partial charge in [0.1, 0.15) is 6.33 Å². The molecule has 0 saturated carbocycles. The number of aliphatic hydroxyl groups is 1. The first kappa shape index (κ1) is 17.2. The van der Waals surface area contributed by atoms with Gasteiger partial charge in [-0.3, -0.25) is 9.69 Å². The van der Waals surface area contributed by atoms with Gasteiger partial charge in [-0.25, -0.2) is 4.68 Å². The van der Waals surface area contributed by atoms with Crippen LogP contribution in [0, 0.1) is 11.8 Å². The number of likely N-dealkylation sites (tertiary alicyclic amines) is 1. The van der Waals surface area contributed by atoms with E-state index in [4.69, 9.17) is 4.74 Å². The first-order valence-electron chi connectivity index (χ1n) is 8.64. The Labute approximate surface area is 141 Å². The van der Waals surface area contributed by atoms with Gasteiger partial charge in [-0.15, -0.1) is 5.10 Å². The fourth-order valence-corrected chi connectivity index (χ4v) is 3.59. The van der Waals surface area contributed by atoms with E-state index < -0.39 is 0 Å². The number of aryl methyl sites for hydroxylation is 1. The summed E-state index contributed by atoms with van der Waals surface area (Å²) in [6.07, 6.45) is 2.87. The van der Waals surface area contributed by atoms with Crippen molar-refractivity contribution in [1.82, 2.24) is 30.0 Å². The van der Waals surface area contributed by atoms with Crippen molar-refractivity contribution >= 4 is 5.91 Å². The van der Waals surface area contributed by atoms with E-state index in [1.165, 1.54) is 6.33 Å². The summed E-state index contributed by atoms with van der Waals surface area (Å²) < 4.78 is 6.96. The van der Waals surface area contributed by atoms with Crippen LogP contribution in [0.3, 0.4) is 0 Å². The molecule has 134 valence electrons. The Morgan fingerprint density at radius 2 is 2.04 bits per heavy atom. The number of morpholine rings is 1. The van der Waals surface area contributed by atoms with E-state index in [0.717, 1.165) is 45.8 Å². The highest BCUT2D eigenvalue weighted by molar-refractivity contribution is 5.76. The van der Waals surface area contributed by atoms with Gasteiger partial charge >= 0.3 is 0 Å². The third-order valence-electron chi connectivity index (χ3n) is 4.80. The minimum atomic E-state index is 0.107. The van der Waals surface area contributed by atoms with Gasteiger partial charge in [0.15, 0.2) is 0 Å². The fraction of sp³-hybridized carbons (Fsp3) is 0.867. The smallest absolute Gasteiger partial charge is 0.224 e. The second-order valence-corrected chi connectivity index (χ2v) is 6.68. The lowest BCUT2D eigenvalue weighted by atomic mass is 9.89. The molecule has 9 nitrogen and oxygen atoms in total. The SMILES string of the molecule is O=C(CCn1cnnn1)N1CC(CO)CC(CN2CCOCC2)C1. The van der Waals surface area contributed by atoms with Crippen molar-refractivity contribution in [2.45, 2.75) is 19.4 Å². The molecule has 9 heteroatoms. The van der Waals surface area contributed by atoms with Crippen molar-refractivity contribution in [2.24, 2.45) is 11.8 Å².